The molecule has 0 amide bonds. The molecule has 3 aromatic rings. The molecular formula is C18H13BrN4O3. The van der Waals surface area contributed by atoms with Gasteiger partial charge in [-0.05, 0) is 43.3 Å². The van der Waals surface area contributed by atoms with Crippen LogP contribution >= 0.6 is 15.9 Å². The number of benzene rings is 2. The summed E-state index contributed by atoms with van der Waals surface area (Å²) < 4.78 is 6.24. The van der Waals surface area contributed by atoms with Gasteiger partial charge in [0.2, 0.25) is 0 Å². The van der Waals surface area contributed by atoms with Gasteiger partial charge in [-0.25, -0.2) is 4.98 Å². The summed E-state index contributed by atoms with van der Waals surface area (Å²) in [5, 5.41) is 24.4. The smallest absolute Gasteiger partial charge is 0.320 e. The van der Waals surface area contributed by atoms with E-state index in [4.69, 9.17) is 4.74 Å². The molecule has 130 valence electrons. The van der Waals surface area contributed by atoms with Crippen molar-refractivity contribution in [1.82, 2.24) is 4.98 Å². The van der Waals surface area contributed by atoms with E-state index in [9.17, 15) is 15.4 Å². The molecule has 0 bridgehead atoms. The highest BCUT2D eigenvalue weighted by Crippen LogP contribution is 2.37. The van der Waals surface area contributed by atoms with Crippen LogP contribution < -0.4 is 10.1 Å². The highest BCUT2D eigenvalue weighted by atomic mass is 79.9. The first-order valence-corrected chi connectivity index (χ1v) is 8.50. The third kappa shape index (κ3) is 3.43. The number of halogens is 1. The Labute approximate surface area is 157 Å². The monoisotopic (exact) mass is 412 g/mol. The number of rotatable bonds is 5. The maximum atomic E-state index is 11.6. The molecular weight excluding hydrogens is 400 g/mol. The number of hydrogen-bond acceptors (Lipinski definition) is 6. The Balaban J connectivity index is 2.20. The minimum atomic E-state index is -0.496. The summed E-state index contributed by atoms with van der Waals surface area (Å²) >= 11 is 3.38. The van der Waals surface area contributed by atoms with Crippen molar-refractivity contribution < 1.29 is 9.66 Å². The Morgan fingerprint density at radius 1 is 1.35 bits per heavy atom. The van der Waals surface area contributed by atoms with E-state index < -0.39 is 4.92 Å². The Bertz CT molecular complexity index is 1050. The molecule has 8 heteroatoms. The van der Waals surface area contributed by atoms with Gasteiger partial charge in [-0.1, -0.05) is 22.0 Å². The summed E-state index contributed by atoms with van der Waals surface area (Å²) in [5.41, 5.74) is 1.45. The van der Waals surface area contributed by atoms with Crippen molar-refractivity contribution in [2.75, 3.05) is 11.9 Å². The summed E-state index contributed by atoms with van der Waals surface area (Å²) in [4.78, 5) is 15.4. The van der Waals surface area contributed by atoms with Gasteiger partial charge in [-0.2, -0.15) is 5.26 Å². The van der Waals surface area contributed by atoms with Crippen LogP contribution in [0.25, 0.3) is 10.9 Å². The topological polar surface area (TPSA) is 101 Å². The summed E-state index contributed by atoms with van der Waals surface area (Å²) in [5.74, 6) is 0.171. The maximum Gasteiger partial charge on any atom is 0.320 e. The number of nitrogens with zero attached hydrogens (tertiary/aromatic N) is 3. The van der Waals surface area contributed by atoms with E-state index in [0.717, 1.165) is 10.2 Å². The molecule has 0 radical (unpaired) electrons. The molecule has 1 N–H and O–H groups in total. The first-order valence-electron chi connectivity index (χ1n) is 7.71. The third-order valence-electron chi connectivity index (χ3n) is 3.63. The second kappa shape index (κ2) is 7.37. The normalized spacial score (nSPS) is 10.3. The van der Waals surface area contributed by atoms with Crippen molar-refractivity contribution in [2.45, 2.75) is 6.92 Å². The number of nitro benzene ring substituents is 1. The molecule has 0 aliphatic rings. The SMILES string of the molecule is CCOc1ccc2nc(C#N)c(Nc3cccc(Br)c3)cc2c1[N+](=O)[O-]. The molecule has 2 aromatic carbocycles. The average molecular weight is 413 g/mol. The summed E-state index contributed by atoms with van der Waals surface area (Å²) in [6.45, 7) is 2.06. The van der Waals surface area contributed by atoms with Crippen molar-refractivity contribution in [3.63, 3.8) is 0 Å². The minimum absolute atomic E-state index is 0.149. The number of pyridine rings is 1. The molecule has 1 aromatic heterocycles. The van der Waals surface area contributed by atoms with Crippen molar-refractivity contribution in [2.24, 2.45) is 0 Å². The van der Waals surface area contributed by atoms with Crippen LogP contribution in [0.1, 0.15) is 12.6 Å². The number of fused-ring (bicyclic) bond motifs is 1. The molecule has 0 saturated carbocycles. The second-order valence-electron chi connectivity index (χ2n) is 5.30. The molecule has 0 saturated heterocycles. The summed E-state index contributed by atoms with van der Waals surface area (Å²) in [7, 11) is 0. The Morgan fingerprint density at radius 3 is 2.81 bits per heavy atom. The zero-order valence-corrected chi connectivity index (χ0v) is 15.3. The molecule has 0 atom stereocenters. The van der Waals surface area contributed by atoms with Gasteiger partial charge in [0, 0.05) is 10.2 Å². The maximum absolute atomic E-state index is 11.6. The number of hydrogen-bond donors (Lipinski definition) is 1. The lowest BCUT2D eigenvalue weighted by Crippen LogP contribution is -2.01. The number of nitrogens with one attached hydrogen (secondary N) is 1. The van der Waals surface area contributed by atoms with Crippen LogP contribution in [-0.2, 0) is 0 Å². The van der Waals surface area contributed by atoms with Gasteiger partial charge in [0.25, 0.3) is 0 Å². The van der Waals surface area contributed by atoms with E-state index in [2.05, 4.69) is 26.2 Å². The van der Waals surface area contributed by atoms with Gasteiger partial charge in [0.05, 0.1) is 28.1 Å². The van der Waals surface area contributed by atoms with Crippen LogP contribution in [0.4, 0.5) is 17.1 Å². The van der Waals surface area contributed by atoms with Gasteiger partial charge in [-0.15, -0.1) is 0 Å². The molecule has 0 aliphatic heterocycles. The third-order valence-corrected chi connectivity index (χ3v) is 4.12. The van der Waals surface area contributed by atoms with Crippen LogP contribution in [0.2, 0.25) is 0 Å². The van der Waals surface area contributed by atoms with E-state index in [-0.39, 0.29) is 17.1 Å². The van der Waals surface area contributed by atoms with Crippen LogP contribution in [0, 0.1) is 21.4 Å². The quantitative estimate of drug-likeness (QED) is 0.471. The molecule has 0 aliphatic carbocycles. The average Bonchev–Trinajstić information content (AvgIpc) is 2.61. The predicted molar refractivity (Wildman–Crippen MR) is 102 cm³/mol. The molecule has 1 heterocycles. The fraction of sp³-hybridized carbons (Fsp3) is 0.111. The Morgan fingerprint density at radius 2 is 2.15 bits per heavy atom. The number of anilines is 2. The standard InChI is InChI=1S/C18H13BrN4O3/c1-2-26-17-7-6-14-13(18(17)23(24)25)9-15(16(10-20)22-14)21-12-5-3-4-11(19)8-12/h3-9,21H,2H2,1H3. The molecule has 26 heavy (non-hydrogen) atoms. The first-order chi connectivity index (χ1) is 12.5. The van der Waals surface area contributed by atoms with Gasteiger partial charge in [0.1, 0.15) is 6.07 Å². The molecule has 0 spiro atoms. The van der Waals surface area contributed by atoms with Gasteiger partial charge in [-0.3, -0.25) is 10.1 Å². The Kier molecular flexibility index (Phi) is 5.00. The number of nitro groups is 1. The van der Waals surface area contributed by atoms with Crippen molar-refractivity contribution >= 4 is 43.9 Å². The number of ether oxygens (including phenoxy) is 1. The second-order valence-corrected chi connectivity index (χ2v) is 6.22. The van der Waals surface area contributed by atoms with Crippen LogP contribution in [0.3, 0.4) is 0 Å². The molecule has 3 rings (SSSR count). The fourth-order valence-electron chi connectivity index (χ4n) is 2.57. The van der Waals surface area contributed by atoms with E-state index in [1.54, 1.807) is 19.1 Å². The molecule has 7 nitrogen and oxygen atoms in total. The van der Waals surface area contributed by atoms with Crippen LogP contribution in [-0.4, -0.2) is 16.5 Å². The van der Waals surface area contributed by atoms with Crippen LogP contribution in [0.15, 0.2) is 46.9 Å². The summed E-state index contributed by atoms with van der Waals surface area (Å²) in [6, 6.07) is 14.0. The Hall–Kier alpha value is -3.18. The van der Waals surface area contributed by atoms with Gasteiger partial charge in [0.15, 0.2) is 11.4 Å². The fourth-order valence-corrected chi connectivity index (χ4v) is 2.97. The zero-order valence-electron chi connectivity index (χ0n) is 13.7. The molecule has 0 fully saturated rings. The highest BCUT2D eigenvalue weighted by molar-refractivity contribution is 9.10. The minimum Gasteiger partial charge on any atom is -0.487 e. The van der Waals surface area contributed by atoms with Gasteiger partial charge < -0.3 is 10.1 Å². The predicted octanol–water partition coefficient (Wildman–Crippen LogP) is 4.92. The highest BCUT2D eigenvalue weighted by Gasteiger charge is 2.22. The van der Waals surface area contributed by atoms with E-state index in [0.29, 0.717) is 23.2 Å². The lowest BCUT2D eigenvalue weighted by molar-refractivity contribution is -0.384. The van der Waals surface area contributed by atoms with E-state index in [1.165, 1.54) is 6.07 Å². The number of aromatic nitrogens is 1. The van der Waals surface area contributed by atoms with Crippen LogP contribution in [0.5, 0.6) is 5.75 Å². The van der Waals surface area contributed by atoms with Crippen molar-refractivity contribution in [1.29, 1.82) is 5.26 Å². The van der Waals surface area contributed by atoms with Crippen molar-refractivity contribution in [3.05, 3.63) is 62.7 Å². The van der Waals surface area contributed by atoms with Crippen molar-refractivity contribution in [3.8, 4) is 11.8 Å². The lowest BCUT2D eigenvalue weighted by atomic mass is 10.1. The van der Waals surface area contributed by atoms with E-state index in [1.807, 2.05) is 30.3 Å². The largest absolute Gasteiger partial charge is 0.487 e. The summed E-state index contributed by atoms with van der Waals surface area (Å²) in [6.07, 6.45) is 0. The zero-order chi connectivity index (χ0) is 18.7. The lowest BCUT2D eigenvalue weighted by Gasteiger charge is -2.11. The molecule has 0 unspecified atom stereocenters. The number of nitriles is 1. The van der Waals surface area contributed by atoms with Gasteiger partial charge >= 0.3 is 5.69 Å². The first kappa shape index (κ1) is 17.6. The van der Waals surface area contributed by atoms with E-state index >= 15 is 0 Å².